The molecular weight excluding hydrogens is 938 g/mol. The Morgan fingerprint density at radius 2 is 0.775 bits per heavy atom. The predicted molar refractivity (Wildman–Crippen MR) is 286 cm³/mol. The zero-order valence-electron chi connectivity index (χ0n) is 40.2. The van der Waals surface area contributed by atoms with Crippen molar-refractivity contribution in [1.29, 1.82) is 0 Å². The van der Waals surface area contributed by atoms with Gasteiger partial charge in [0.1, 0.15) is 11.6 Å². The van der Waals surface area contributed by atoms with Crippen molar-refractivity contribution in [3.05, 3.63) is 204 Å². The molecule has 2 nitrogen and oxygen atoms in total. The molecule has 0 atom stereocenters. The molecule has 0 saturated heterocycles. The van der Waals surface area contributed by atoms with Gasteiger partial charge in [-0.25, -0.2) is 17.6 Å². The number of alkyl halides is 3. The molecule has 0 spiro atoms. The van der Waals surface area contributed by atoms with Gasteiger partial charge < -0.3 is 9.80 Å². The normalized spacial score (nSPS) is 12.4. The Kier molecular flexibility index (Phi) is 11.7. The number of aryl methyl sites for hydroxylation is 1. The van der Waals surface area contributed by atoms with Crippen LogP contribution in [0.15, 0.2) is 170 Å². The van der Waals surface area contributed by atoms with E-state index >= 15 is 17.6 Å². The van der Waals surface area contributed by atoms with Crippen molar-refractivity contribution in [2.75, 3.05) is 9.80 Å². The third kappa shape index (κ3) is 8.75. The van der Waals surface area contributed by atoms with Gasteiger partial charge >= 0.3 is 6.18 Å². The van der Waals surface area contributed by atoms with Gasteiger partial charge in [0.2, 0.25) is 0 Å². The highest BCUT2D eigenvalue weighted by molar-refractivity contribution is 6.89. The summed E-state index contributed by atoms with van der Waals surface area (Å²) in [6.45, 7) is 15.4. The molecular formula is C60H49F7N2Si2. The van der Waals surface area contributed by atoms with Crippen molar-refractivity contribution in [3.8, 4) is 22.3 Å². The number of rotatable bonds is 10. The van der Waals surface area contributed by atoms with E-state index in [0.717, 1.165) is 68.0 Å². The molecule has 0 bridgehead atoms. The first-order chi connectivity index (χ1) is 33.7. The number of hydrogen-bond donors (Lipinski definition) is 0. The molecule has 0 unspecified atom stereocenters. The Balaban J connectivity index is 1.25. The molecule has 10 rings (SSSR count). The molecule has 0 fully saturated rings. The highest BCUT2D eigenvalue weighted by Crippen LogP contribution is 2.51. The molecule has 0 saturated carbocycles. The molecule has 0 radical (unpaired) electrons. The lowest BCUT2D eigenvalue weighted by Crippen LogP contribution is -2.37. The summed E-state index contributed by atoms with van der Waals surface area (Å²) in [5, 5.41) is 7.19. The molecule has 0 amide bonds. The Labute approximate surface area is 410 Å². The van der Waals surface area contributed by atoms with Crippen LogP contribution in [-0.2, 0) is 6.18 Å². The van der Waals surface area contributed by atoms with Gasteiger partial charge in [0, 0.05) is 45.4 Å². The third-order valence-corrected chi connectivity index (χ3v) is 17.6. The molecule has 0 heterocycles. The molecule has 0 N–H and O–H groups in total. The maximum absolute atomic E-state index is 17.0. The summed E-state index contributed by atoms with van der Waals surface area (Å²) < 4.78 is 106. The quantitative estimate of drug-likeness (QED) is 0.0765. The zero-order valence-corrected chi connectivity index (χ0v) is 42.2. The van der Waals surface area contributed by atoms with E-state index in [2.05, 4.69) is 51.4 Å². The first kappa shape index (κ1) is 47.5. The highest BCUT2D eigenvalue weighted by Gasteiger charge is 2.32. The van der Waals surface area contributed by atoms with Crippen LogP contribution in [0, 0.1) is 30.2 Å². The lowest BCUT2D eigenvalue weighted by atomic mass is 9.91. The van der Waals surface area contributed by atoms with Crippen molar-refractivity contribution < 1.29 is 30.7 Å². The van der Waals surface area contributed by atoms with Gasteiger partial charge in [-0.1, -0.05) is 152 Å². The number of halogens is 7. The van der Waals surface area contributed by atoms with Crippen molar-refractivity contribution in [1.82, 2.24) is 0 Å². The van der Waals surface area contributed by atoms with Crippen molar-refractivity contribution in [2.45, 2.75) is 52.4 Å². The Bertz CT molecular complexity index is 3630. The standard InChI is InChI=1S/C60H49F7N2Si2/c1-36-8-10-37(11-9-36)50-32-42(61)34-52(63)58(50)68(44-20-24-46(25-21-44)70(2,3)4)54-30-16-39-15-29-49-55(31-17-40-14-28-48(54)56(39)57(40)49)69(45-22-26-47(27-23-45)71(5,6)7)59-51(33-43(62)35-53(59)64)38-12-18-41(19-13-38)60(65,66)67/h8-35H,1-7H3. The Morgan fingerprint density at radius 1 is 0.408 bits per heavy atom. The summed E-state index contributed by atoms with van der Waals surface area (Å²) in [5.41, 5.74) is 3.84. The van der Waals surface area contributed by atoms with Crippen LogP contribution in [-0.4, -0.2) is 16.1 Å². The predicted octanol–water partition coefficient (Wildman–Crippen LogP) is 17.8. The summed E-state index contributed by atoms with van der Waals surface area (Å²) in [4.78, 5) is 3.58. The van der Waals surface area contributed by atoms with Crippen LogP contribution in [0.5, 0.6) is 0 Å². The molecule has 356 valence electrons. The SMILES string of the molecule is Cc1ccc(-c2cc(F)cc(F)c2N(c2ccc([Si](C)(C)C)cc2)c2ccc3ccc4c(N(c5ccc([Si](C)(C)C)cc5)c5c(F)cc(F)cc5-c5ccc(C(F)(F)F)cc5)ccc5ccc2c3c54)cc1. The van der Waals surface area contributed by atoms with Gasteiger partial charge in [0.25, 0.3) is 0 Å². The minimum atomic E-state index is -4.62. The highest BCUT2D eigenvalue weighted by atomic mass is 28.3. The molecule has 0 aliphatic carbocycles. The van der Waals surface area contributed by atoms with Gasteiger partial charge in [0.15, 0.2) is 11.6 Å². The largest absolute Gasteiger partial charge is 0.416 e. The molecule has 0 aliphatic heterocycles. The van der Waals surface area contributed by atoms with Crippen LogP contribution >= 0.6 is 0 Å². The van der Waals surface area contributed by atoms with E-state index < -0.39 is 51.2 Å². The van der Waals surface area contributed by atoms with E-state index in [1.165, 1.54) is 23.4 Å². The molecule has 71 heavy (non-hydrogen) atoms. The van der Waals surface area contributed by atoms with Gasteiger partial charge in [0.05, 0.1) is 44.5 Å². The average molecular weight is 987 g/mol. The van der Waals surface area contributed by atoms with E-state index in [4.69, 9.17) is 0 Å². The molecule has 11 heteroatoms. The minimum Gasteiger partial charge on any atom is -0.307 e. The van der Waals surface area contributed by atoms with Crippen molar-refractivity contribution in [2.24, 2.45) is 0 Å². The van der Waals surface area contributed by atoms with E-state index in [-0.39, 0.29) is 22.5 Å². The summed E-state index contributed by atoms with van der Waals surface area (Å²) >= 11 is 0. The van der Waals surface area contributed by atoms with Crippen LogP contribution in [0.1, 0.15) is 11.1 Å². The third-order valence-electron chi connectivity index (χ3n) is 13.5. The summed E-state index contributed by atoms with van der Waals surface area (Å²) in [6, 6.07) is 47.7. The van der Waals surface area contributed by atoms with Gasteiger partial charge in [-0.2, -0.15) is 13.2 Å². The summed E-state index contributed by atoms with van der Waals surface area (Å²) in [7, 11) is -3.59. The second kappa shape index (κ2) is 17.6. The zero-order chi connectivity index (χ0) is 50.3. The molecule has 10 aromatic rings. The van der Waals surface area contributed by atoms with E-state index in [1.807, 2.05) is 121 Å². The number of nitrogens with zero attached hydrogens (tertiary/aromatic N) is 2. The Morgan fingerprint density at radius 3 is 1.14 bits per heavy atom. The van der Waals surface area contributed by atoms with Gasteiger partial charge in [-0.05, 0) is 100 Å². The van der Waals surface area contributed by atoms with Gasteiger partial charge in [-0.3, -0.25) is 0 Å². The fourth-order valence-electron chi connectivity index (χ4n) is 9.76. The summed E-state index contributed by atoms with van der Waals surface area (Å²) in [6.07, 6.45) is -4.62. The second-order valence-corrected chi connectivity index (χ2v) is 30.5. The first-order valence-electron chi connectivity index (χ1n) is 23.4. The maximum Gasteiger partial charge on any atom is 0.416 e. The fraction of sp³-hybridized carbons (Fsp3) is 0.133. The average Bonchev–Trinajstić information content (AvgIpc) is 3.32. The van der Waals surface area contributed by atoms with Crippen molar-refractivity contribution in [3.63, 3.8) is 0 Å². The monoisotopic (exact) mass is 986 g/mol. The van der Waals surface area contributed by atoms with Crippen LogP contribution < -0.4 is 20.2 Å². The summed E-state index contributed by atoms with van der Waals surface area (Å²) in [5.74, 6) is -3.26. The van der Waals surface area contributed by atoms with Gasteiger partial charge in [-0.15, -0.1) is 0 Å². The van der Waals surface area contributed by atoms with Crippen molar-refractivity contribution >= 4 is 93.0 Å². The van der Waals surface area contributed by atoms with E-state index in [0.29, 0.717) is 39.3 Å². The van der Waals surface area contributed by atoms with E-state index in [9.17, 15) is 13.2 Å². The van der Waals surface area contributed by atoms with Crippen LogP contribution in [0.2, 0.25) is 39.3 Å². The lowest BCUT2D eigenvalue weighted by Gasteiger charge is -2.32. The Hall–Kier alpha value is -7.22. The molecule has 0 aliphatic rings. The maximum atomic E-state index is 17.0. The number of hydrogen-bond acceptors (Lipinski definition) is 2. The minimum absolute atomic E-state index is 0.0500. The first-order valence-corrected chi connectivity index (χ1v) is 30.4. The second-order valence-electron chi connectivity index (χ2n) is 20.4. The molecule has 0 aromatic heterocycles. The van der Waals surface area contributed by atoms with Crippen LogP contribution in [0.3, 0.4) is 0 Å². The van der Waals surface area contributed by atoms with E-state index in [1.54, 1.807) is 4.90 Å². The smallest absolute Gasteiger partial charge is 0.307 e. The van der Waals surface area contributed by atoms with Crippen LogP contribution in [0.4, 0.5) is 64.9 Å². The topological polar surface area (TPSA) is 6.48 Å². The number of anilines is 6. The number of benzene rings is 10. The lowest BCUT2D eigenvalue weighted by molar-refractivity contribution is -0.137. The fourth-order valence-corrected chi connectivity index (χ4v) is 12.1. The molecule has 10 aromatic carbocycles. The van der Waals surface area contributed by atoms with Crippen LogP contribution in [0.25, 0.3) is 54.6 Å².